The van der Waals surface area contributed by atoms with E-state index in [0.717, 1.165) is 18.9 Å². The van der Waals surface area contributed by atoms with Gasteiger partial charge in [-0.05, 0) is 24.3 Å². The third-order valence-corrected chi connectivity index (χ3v) is 3.93. The van der Waals surface area contributed by atoms with Gasteiger partial charge >= 0.3 is 0 Å². The molecule has 7 heteroatoms. The molecule has 0 spiro atoms. The molecule has 0 radical (unpaired) electrons. The molecule has 0 aliphatic carbocycles. The number of ether oxygens (including phenoxy) is 1. The first-order valence-corrected chi connectivity index (χ1v) is 6.74. The van der Waals surface area contributed by atoms with Crippen molar-refractivity contribution in [2.45, 2.75) is 19.8 Å². The summed E-state index contributed by atoms with van der Waals surface area (Å²) in [6.45, 7) is 4.02. The van der Waals surface area contributed by atoms with E-state index in [9.17, 15) is 14.5 Å². The first-order chi connectivity index (χ1) is 9.41. The maximum absolute atomic E-state index is 13.3. The van der Waals surface area contributed by atoms with Crippen LogP contribution in [0.15, 0.2) is 12.1 Å². The Kier molecular flexibility index (Phi) is 4.45. The van der Waals surface area contributed by atoms with Crippen molar-refractivity contribution in [3.8, 4) is 0 Å². The molecule has 0 bridgehead atoms. The highest BCUT2D eigenvalue weighted by atomic mass is 35.5. The van der Waals surface area contributed by atoms with Gasteiger partial charge in [0.05, 0.1) is 16.0 Å². The lowest BCUT2D eigenvalue weighted by molar-refractivity contribution is -0.384. The van der Waals surface area contributed by atoms with Crippen LogP contribution in [0.2, 0.25) is 5.02 Å². The standard InChI is InChI=1S/C13H16ClFN2O3/c1-13(2-4-20-5-3-13)8-16-11-6-9(14)10(15)7-12(11)17(18)19/h6-7,16H,2-5,8H2,1H3. The molecule has 1 heterocycles. The van der Waals surface area contributed by atoms with Crippen molar-refractivity contribution in [1.29, 1.82) is 0 Å². The SMILES string of the molecule is CC1(CNc2cc(Cl)c(F)cc2[N+](=O)[O-])CCOCC1. The number of hydrogen-bond acceptors (Lipinski definition) is 4. The fourth-order valence-corrected chi connectivity index (χ4v) is 2.34. The lowest BCUT2D eigenvalue weighted by atomic mass is 9.82. The van der Waals surface area contributed by atoms with Crippen molar-refractivity contribution in [3.63, 3.8) is 0 Å². The average Bonchev–Trinajstić information content (AvgIpc) is 2.40. The molecule has 1 aliphatic rings. The molecule has 1 N–H and O–H groups in total. The van der Waals surface area contributed by atoms with Gasteiger partial charge < -0.3 is 10.1 Å². The fourth-order valence-electron chi connectivity index (χ4n) is 2.18. The van der Waals surface area contributed by atoms with Crippen molar-refractivity contribution in [3.05, 3.63) is 33.1 Å². The van der Waals surface area contributed by atoms with E-state index in [1.807, 2.05) is 0 Å². The highest BCUT2D eigenvalue weighted by Gasteiger charge is 2.28. The van der Waals surface area contributed by atoms with Gasteiger partial charge in [-0.3, -0.25) is 10.1 Å². The molecular formula is C13H16ClFN2O3. The minimum absolute atomic E-state index is 0.00693. The van der Waals surface area contributed by atoms with Crippen molar-refractivity contribution in [2.24, 2.45) is 5.41 Å². The zero-order chi connectivity index (χ0) is 14.8. The number of halogens is 2. The van der Waals surface area contributed by atoms with Gasteiger partial charge in [-0.1, -0.05) is 18.5 Å². The summed E-state index contributed by atoms with van der Waals surface area (Å²) >= 11 is 5.69. The van der Waals surface area contributed by atoms with E-state index < -0.39 is 10.7 Å². The van der Waals surface area contributed by atoms with E-state index in [1.54, 1.807) is 0 Å². The predicted molar refractivity (Wildman–Crippen MR) is 74.7 cm³/mol. The number of nitrogens with zero attached hydrogens (tertiary/aromatic N) is 1. The number of hydrogen-bond donors (Lipinski definition) is 1. The third-order valence-electron chi connectivity index (χ3n) is 3.64. The average molecular weight is 303 g/mol. The van der Waals surface area contributed by atoms with E-state index in [0.29, 0.717) is 19.8 Å². The van der Waals surface area contributed by atoms with Crippen LogP contribution in [0.3, 0.4) is 0 Å². The van der Waals surface area contributed by atoms with E-state index in [1.165, 1.54) is 6.07 Å². The molecule has 1 aromatic carbocycles. The van der Waals surface area contributed by atoms with E-state index in [4.69, 9.17) is 16.3 Å². The van der Waals surface area contributed by atoms with Crippen LogP contribution in [0.1, 0.15) is 19.8 Å². The molecule has 110 valence electrons. The highest BCUT2D eigenvalue weighted by molar-refractivity contribution is 6.31. The van der Waals surface area contributed by atoms with Crippen molar-refractivity contribution in [2.75, 3.05) is 25.1 Å². The lowest BCUT2D eigenvalue weighted by Crippen LogP contribution is -2.33. The van der Waals surface area contributed by atoms with Crippen LogP contribution in [0.4, 0.5) is 15.8 Å². The number of anilines is 1. The van der Waals surface area contributed by atoms with Crippen LogP contribution in [-0.4, -0.2) is 24.7 Å². The second kappa shape index (κ2) is 5.93. The van der Waals surface area contributed by atoms with E-state index in [-0.39, 0.29) is 21.8 Å². The van der Waals surface area contributed by atoms with Gasteiger partial charge in [0.15, 0.2) is 0 Å². The van der Waals surface area contributed by atoms with Gasteiger partial charge in [-0.2, -0.15) is 0 Å². The Morgan fingerprint density at radius 3 is 2.75 bits per heavy atom. The van der Waals surface area contributed by atoms with Crippen LogP contribution in [-0.2, 0) is 4.74 Å². The Bertz CT molecular complexity index is 519. The van der Waals surface area contributed by atoms with Gasteiger partial charge in [0, 0.05) is 19.8 Å². The van der Waals surface area contributed by atoms with Crippen LogP contribution < -0.4 is 5.32 Å². The second-order valence-corrected chi connectivity index (χ2v) is 5.72. The molecule has 0 atom stereocenters. The molecule has 0 aromatic heterocycles. The van der Waals surface area contributed by atoms with Gasteiger partial charge in [0.2, 0.25) is 0 Å². The smallest absolute Gasteiger partial charge is 0.295 e. The van der Waals surface area contributed by atoms with Gasteiger partial charge in [0.25, 0.3) is 5.69 Å². The molecule has 5 nitrogen and oxygen atoms in total. The monoisotopic (exact) mass is 302 g/mol. The summed E-state index contributed by atoms with van der Waals surface area (Å²) < 4.78 is 18.6. The second-order valence-electron chi connectivity index (χ2n) is 5.32. The first kappa shape index (κ1) is 15.0. The zero-order valence-corrected chi connectivity index (χ0v) is 11.9. The quantitative estimate of drug-likeness (QED) is 0.681. The van der Waals surface area contributed by atoms with Crippen LogP contribution in [0.5, 0.6) is 0 Å². The molecule has 1 saturated heterocycles. The van der Waals surface area contributed by atoms with Crippen molar-refractivity contribution >= 4 is 23.0 Å². The molecule has 0 saturated carbocycles. The highest BCUT2D eigenvalue weighted by Crippen LogP contribution is 2.34. The Hall–Kier alpha value is -1.40. The molecule has 1 aliphatic heterocycles. The maximum Gasteiger partial charge on any atom is 0.295 e. The van der Waals surface area contributed by atoms with Crippen molar-refractivity contribution < 1.29 is 14.1 Å². The summed E-state index contributed by atoms with van der Waals surface area (Å²) in [7, 11) is 0. The number of nitrogens with one attached hydrogen (secondary N) is 1. The normalized spacial score (nSPS) is 17.8. The largest absolute Gasteiger partial charge is 0.381 e. The Morgan fingerprint density at radius 1 is 1.50 bits per heavy atom. The Morgan fingerprint density at radius 2 is 2.15 bits per heavy atom. The lowest BCUT2D eigenvalue weighted by Gasteiger charge is -2.33. The van der Waals surface area contributed by atoms with Crippen LogP contribution in [0.25, 0.3) is 0 Å². The zero-order valence-electron chi connectivity index (χ0n) is 11.1. The third kappa shape index (κ3) is 3.37. The Labute approximate surface area is 121 Å². The molecule has 2 rings (SSSR count). The van der Waals surface area contributed by atoms with Crippen LogP contribution in [0, 0.1) is 21.3 Å². The first-order valence-electron chi connectivity index (χ1n) is 6.36. The summed E-state index contributed by atoms with van der Waals surface area (Å²) in [6, 6.07) is 2.11. The van der Waals surface area contributed by atoms with Crippen molar-refractivity contribution in [1.82, 2.24) is 0 Å². The molecule has 0 unspecified atom stereocenters. The minimum Gasteiger partial charge on any atom is -0.381 e. The van der Waals surface area contributed by atoms with Gasteiger partial charge in [-0.15, -0.1) is 0 Å². The van der Waals surface area contributed by atoms with Gasteiger partial charge in [-0.25, -0.2) is 4.39 Å². The van der Waals surface area contributed by atoms with Gasteiger partial charge in [0.1, 0.15) is 11.5 Å². The maximum atomic E-state index is 13.3. The Balaban J connectivity index is 2.16. The molecule has 20 heavy (non-hydrogen) atoms. The summed E-state index contributed by atoms with van der Waals surface area (Å²) in [5.41, 5.74) is -0.0517. The molecular weight excluding hydrogens is 287 g/mol. The van der Waals surface area contributed by atoms with Crippen LogP contribution >= 0.6 is 11.6 Å². The molecule has 0 amide bonds. The summed E-state index contributed by atoms with van der Waals surface area (Å²) in [4.78, 5) is 10.3. The minimum atomic E-state index is -0.791. The fraction of sp³-hybridized carbons (Fsp3) is 0.538. The van der Waals surface area contributed by atoms with E-state index in [2.05, 4.69) is 12.2 Å². The molecule has 1 fully saturated rings. The summed E-state index contributed by atoms with van der Waals surface area (Å²) in [5, 5.41) is 13.8. The number of nitro benzene ring substituents is 1. The summed E-state index contributed by atoms with van der Waals surface area (Å²) in [5.74, 6) is -0.791. The number of benzene rings is 1. The topological polar surface area (TPSA) is 64.4 Å². The predicted octanol–water partition coefficient (Wildman–Crippen LogP) is 3.62. The molecule has 1 aromatic rings. The number of rotatable bonds is 4. The summed E-state index contributed by atoms with van der Waals surface area (Å²) in [6.07, 6.45) is 1.76. The number of nitro groups is 1. The van der Waals surface area contributed by atoms with E-state index >= 15 is 0 Å².